The molecular formula is C18H17ClN2. The number of hydrogen-bond acceptors (Lipinski definition) is 2. The van der Waals surface area contributed by atoms with E-state index in [4.69, 9.17) is 16.6 Å². The second kappa shape index (κ2) is 5.38. The Balaban J connectivity index is 2.22. The van der Waals surface area contributed by atoms with Crippen LogP contribution < -0.4 is 4.90 Å². The van der Waals surface area contributed by atoms with Crippen LogP contribution in [0.1, 0.15) is 16.7 Å². The van der Waals surface area contributed by atoms with Gasteiger partial charge in [0.1, 0.15) is 5.84 Å². The molecule has 0 bridgehead atoms. The largest absolute Gasteiger partial charge is 0.297 e. The Morgan fingerprint density at radius 3 is 2.48 bits per heavy atom. The third-order valence-electron chi connectivity index (χ3n) is 3.79. The number of halogens is 1. The number of nitrogens with zero attached hydrogens (tertiary/aromatic N) is 2. The Bertz CT molecular complexity index is 747. The molecule has 2 nitrogen and oxygen atoms in total. The van der Waals surface area contributed by atoms with E-state index in [2.05, 4.69) is 43.5 Å². The molecule has 1 aliphatic heterocycles. The molecule has 3 heteroatoms. The molecule has 2 aromatic carbocycles. The van der Waals surface area contributed by atoms with Crippen LogP contribution in [0.3, 0.4) is 0 Å². The van der Waals surface area contributed by atoms with Crippen molar-refractivity contribution in [3.8, 4) is 0 Å². The number of aryl methyl sites for hydroxylation is 2. The van der Waals surface area contributed by atoms with E-state index in [0.717, 1.165) is 28.5 Å². The highest BCUT2D eigenvalue weighted by molar-refractivity contribution is 6.33. The van der Waals surface area contributed by atoms with Crippen molar-refractivity contribution in [1.29, 1.82) is 0 Å². The Kier molecular flexibility index (Phi) is 3.56. The lowest BCUT2D eigenvalue weighted by Gasteiger charge is -2.33. The number of alkyl halides is 1. The molecule has 0 N–H and O–H groups in total. The van der Waals surface area contributed by atoms with Crippen LogP contribution in [0, 0.1) is 13.8 Å². The third-order valence-corrected chi connectivity index (χ3v) is 4.03. The van der Waals surface area contributed by atoms with Gasteiger partial charge in [0.25, 0.3) is 0 Å². The Labute approximate surface area is 130 Å². The lowest BCUT2D eigenvalue weighted by atomic mass is 10.00. The molecule has 0 amide bonds. The highest BCUT2D eigenvalue weighted by atomic mass is 35.5. The molecule has 2 aromatic rings. The van der Waals surface area contributed by atoms with Gasteiger partial charge in [-0.05, 0) is 37.1 Å². The van der Waals surface area contributed by atoms with Gasteiger partial charge in [-0.3, -0.25) is 4.90 Å². The van der Waals surface area contributed by atoms with E-state index >= 15 is 0 Å². The average Bonchev–Trinajstić information content (AvgIpc) is 2.48. The van der Waals surface area contributed by atoms with Gasteiger partial charge in [-0.25, -0.2) is 4.99 Å². The molecular weight excluding hydrogens is 280 g/mol. The number of amidine groups is 1. The van der Waals surface area contributed by atoms with Gasteiger partial charge in [-0.1, -0.05) is 36.9 Å². The van der Waals surface area contributed by atoms with Crippen molar-refractivity contribution >= 4 is 34.5 Å². The molecule has 1 aliphatic rings. The highest BCUT2D eigenvalue weighted by Crippen LogP contribution is 2.39. The van der Waals surface area contributed by atoms with Gasteiger partial charge >= 0.3 is 0 Å². The second-order valence-corrected chi connectivity index (χ2v) is 5.47. The van der Waals surface area contributed by atoms with Gasteiger partial charge < -0.3 is 0 Å². The van der Waals surface area contributed by atoms with Gasteiger partial charge in [0.15, 0.2) is 0 Å². The zero-order chi connectivity index (χ0) is 15.0. The third kappa shape index (κ3) is 2.26. The number of rotatable bonds is 2. The minimum absolute atomic E-state index is 0.348. The topological polar surface area (TPSA) is 15.6 Å². The Morgan fingerprint density at radius 1 is 1.05 bits per heavy atom. The Hall–Kier alpha value is -2.06. The van der Waals surface area contributed by atoms with E-state index in [0.29, 0.717) is 5.88 Å². The van der Waals surface area contributed by atoms with E-state index in [1.165, 1.54) is 11.1 Å². The van der Waals surface area contributed by atoms with Crippen LogP contribution in [-0.4, -0.2) is 11.7 Å². The first kappa shape index (κ1) is 13.9. The molecule has 0 atom stereocenters. The summed E-state index contributed by atoms with van der Waals surface area (Å²) in [6, 6.07) is 14.3. The number of fused-ring (bicyclic) bond motifs is 1. The maximum Gasteiger partial charge on any atom is 0.129 e. The van der Waals surface area contributed by atoms with Crippen LogP contribution in [0.15, 0.2) is 54.0 Å². The van der Waals surface area contributed by atoms with Crippen molar-refractivity contribution in [2.75, 3.05) is 10.8 Å². The van der Waals surface area contributed by atoms with Crippen molar-refractivity contribution in [2.24, 2.45) is 4.99 Å². The van der Waals surface area contributed by atoms with Gasteiger partial charge in [0.2, 0.25) is 0 Å². The SMILES string of the molecule is C=C1c2c(C)cccc2N=C(CCl)N1c1ccccc1C. The van der Waals surface area contributed by atoms with E-state index < -0.39 is 0 Å². The first-order chi connectivity index (χ1) is 10.1. The lowest BCUT2D eigenvalue weighted by Crippen LogP contribution is -2.33. The summed E-state index contributed by atoms with van der Waals surface area (Å²) in [6.07, 6.45) is 0. The van der Waals surface area contributed by atoms with E-state index in [9.17, 15) is 0 Å². The van der Waals surface area contributed by atoms with E-state index in [1.54, 1.807) is 0 Å². The highest BCUT2D eigenvalue weighted by Gasteiger charge is 2.26. The first-order valence-corrected chi connectivity index (χ1v) is 7.45. The summed E-state index contributed by atoms with van der Waals surface area (Å²) in [5.41, 5.74) is 6.40. The predicted molar refractivity (Wildman–Crippen MR) is 91.7 cm³/mol. The molecule has 21 heavy (non-hydrogen) atoms. The van der Waals surface area contributed by atoms with Crippen molar-refractivity contribution < 1.29 is 0 Å². The van der Waals surface area contributed by atoms with Gasteiger partial charge in [-0.15, -0.1) is 11.6 Å². The number of hydrogen-bond donors (Lipinski definition) is 0. The maximum absolute atomic E-state index is 6.14. The van der Waals surface area contributed by atoms with Gasteiger partial charge in [0, 0.05) is 11.3 Å². The zero-order valence-electron chi connectivity index (χ0n) is 12.2. The van der Waals surface area contributed by atoms with Crippen LogP contribution in [-0.2, 0) is 0 Å². The van der Waals surface area contributed by atoms with Crippen molar-refractivity contribution in [3.05, 3.63) is 65.7 Å². The summed E-state index contributed by atoms with van der Waals surface area (Å²) < 4.78 is 0. The van der Waals surface area contributed by atoms with Crippen LogP contribution in [0.5, 0.6) is 0 Å². The zero-order valence-corrected chi connectivity index (χ0v) is 13.0. The fraction of sp³-hybridized carbons (Fsp3) is 0.167. The molecule has 0 saturated carbocycles. The van der Waals surface area contributed by atoms with Crippen molar-refractivity contribution in [2.45, 2.75) is 13.8 Å². The molecule has 0 aliphatic carbocycles. The molecule has 106 valence electrons. The summed E-state index contributed by atoms with van der Waals surface area (Å²) in [4.78, 5) is 6.79. The van der Waals surface area contributed by atoms with Crippen LogP contribution in [0.4, 0.5) is 11.4 Å². The fourth-order valence-corrected chi connectivity index (χ4v) is 2.95. The molecule has 1 heterocycles. The molecule has 3 rings (SSSR count). The van der Waals surface area contributed by atoms with Gasteiger partial charge in [-0.2, -0.15) is 0 Å². The fourth-order valence-electron chi connectivity index (χ4n) is 2.77. The molecule has 0 fully saturated rings. The summed E-state index contributed by atoms with van der Waals surface area (Å²) >= 11 is 6.14. The monoisotopic (exact) mass is 296 g/mol. The molecule has 0 spiro atoms. The van der Waals surface area contributed by atoms with Crippen molar-refractivity contribution in [3.63, 3.8) is 0 Å². The van der Waals surface area contributed by atoms with Crippen LogP contribution in [0.25, 0.3) is 5.70 Å². The molecule has 0 saturated heterocycles. The first-order valence-electron chi connectivity index (χ1n) is 6.91. The lowest BCUT2D eigenvalue weighted by molar-refractivity contribution is 1.22. The summed E-state index contributed by atoms with van der Waals surface area (Å²) in [6.45, 7) is 8.47. The van der Waals surface area contributed by atoms with Gasteiger partial charge in [0.05, 0.1) is 17.3 Å². The average molecular weight is 297 g/mol. The molecule has 0 radical (unpaired) electrons. The predicted octanol–water partition coefficient (Wildman–Crippen LogP) is 5.06. The summed E-state index contributed by atoms with van der Waals surface area (Å²) in [7, 11) is 0. The smallest absolute Gasteiger partial charge is 0.129 e. The summed E-state index contributed by atoms with van der Waals surface area (Å²) in [5, 5.41) is 0. The molecule has 0 aromatic heterocycles. The van der Waals surface area contributed by atoms with Crippen LogP contribution >= 0.6 is 11.6 Å². The maximum atomic E-state index is 6.14. The number of anilines is 1. The second-order valence-electron chi connectivity index (χ2n) is 5.20. The van der Waals surface area contributed by atoms with E-state index in [-0.39, 0.29) is 0 Å². The number of benzene rings is 2. The van der Waals surface area contributed by atoms with E-state index in [1.807, 2.05) is 24.3 Å². The van der Waals surface area contributed by atoms with Crippen LogP contribution in [0.2, 0.25) is 0 Å². The number of para-hydroxylation sites is 1. The molecule has 0 unspecified atom stereocenters. The minimum Gasteiger partial charge on any atom is -0.297 e. The minimum atomic E-state index is 0.348. The quantitative estimate of drug-likeness (QED) is 0.707. The normalized spacial score (nSPS) is 14.0. The Morgan fingerprint density at radius 2 is 1.76 bits per heavy atom. The summed E-state index contributed by atoms with van der Waals surface area (Å²) in [5.74, 6) is 1.16. The standard InChI is InChI=1S/C18H17ClN2/c1-12-7-4-5-10-16(12)21-14(3)18-13(2)8-6-9-15(18)20-17(21)11-19/h4-10H,3,11H2,1-2H3. The number of aliphatic imine (C=N–C) groups is 1. The van der Waals surface area contributed by atoms with Crippen molar-refractivity contribution in [1.82, 2.24) is 0 Å².